The third-order valence-corrected chi connectivity index (χ3v) is 4.13. The predicted molar refractivity (Wildman–Crippen MR) is 102 cm³/mol. The summed E-state index contributed by atoms with van der Waals surface area (Å²) in [6, 6.07) is 9.93. The van der Waals surface area contributed by atoms with Gasteiger partial charge in [-0.1, -0.05) is 72.6 Å². The number of allylic oxidation sites excluding steroid dienone is 2. The highest BCUT2D eigenvalue weighted by Crippen LogP contribution is 2.31. The topological polar surface area (TPSA) is 40.5 Å². The lowest BCUT2D eigenvalue weighted by Gasteiger charge is -2.11. The third-order valence-electron chi connectivity index (χ3n) is 2.75. The van der Waals surface area contributed by atoms with Crippen LogP contribution in [0.1, 0.15) is 12.5 Å². The number of rotatable bonds is 4. The van der Waals surface area contributed by atoms with E-state index < -0.39 is 0 Å². The van der Waals surface area contributed by atoms with Crippen LogP contribution < -0.4 is 0 Å². The summed E-state index contributed by atoms with van der Waals surface area (Å²) in [5, 5.41) is 8.93. The normalized spacial score (nSPS) is 16.7. The van der Waals surface area contributed by atoms with Gasteiger partial charge < -0.3 is 5.11 Å². The van der Waals surface area contributed by atoms with Crippen molar-refractivity contribution in [2.24, 2.45) is 0 Å². The number of carbonyl (C=O) groups is 1. The van der Waals surface area contributed by atoms with Crippen molar-refractivity contribution in [3.05, 3.63) is 52.4 Å². The Balaban J connectivity index is 0.00000116. The minimum atomic E-state index is -0.130. The summed E-state index contributed by atoms with van der Waals surface area (Å²) in [6.45, 7) is 2.12. The number of aliphatic hydroxyl groups excluding tert-OH is 1. The molecule has 0 unspecified atom stereocenters. The number of hydrogen-bond donors (Lipinski definition) is 1. The number of carbonyl (C=O) groups excluding carboxylic acids is 1. The van der Waals surface area contributed by atoms with Crippen LogP contribution in [0, 0.1) is 0 Å². The van der Waals surface area contributed by atoms with Gasteiger partial charge in [0.25, 0.3) is 5.91 Å². The Bertz CT molecular complexity index is 597. The SMILES string of the molecule is C=S.CC(/C=C1\SC(=S)N(CCO)C1=O)=C\c1ccccc1. The molecule has 0 saturated carbocycles. The van der Waals surface area contributed by atoms with Crippen molar-refractivity contribution < 1.29 is 9.90 Å². The monoisotopic (exact) mass is 351 g/mol. The second-order valence-corrected chi connectivity index (χ2v) is 6.03. The number of β-amino-alcohol motifs (C(OH)–C–C–N with tert-alkyl or cyclic N) is 1. The lowest BCUT2D eigenvalue weighted by atomic mass is 10.1. The number of thiocarbonyl (C=S) groups is 2. The van der Waals surface area contributed by atoms with E-state index in [9.17, 15) is 4.79 Å². The van der Waals surface area contributed by atoms with Crippen LogP contribution in [-0.2, 0) is 4.79 Å². The lowest BCUT2D eigenvalue weighted by molar-refractivity contribution is -0.122. The number of amides is 1. The molecule has 1 aliphatic rings. The molecule has 0 atom stereocenters. The Hall–Kier alpha value is -1.34. The van der Waals surface area contributed by atoms with Gasteiger partial charge in [0.2, 0.25) is 0 Å². The molecule has 0 radical (unpaired) electrons. The standard InChI is InChI=1S/C15H15NO2S2.CH2S/c1-11(9-12-5-3-2-4-6-12)10-13-14(18)16(7-8-17)15(19)20-13;1-2/h2-6,9-10,17H,7-8H2,1H3;1H2/b11-9+,13-10-;. The summed E-state index contributed by atoms with van der Waals surface area (Å²) in [5.74, 6) is 2.70. The minimum Gasteiger partial charge on any atom is -0.395 e. The van der Waals surface area contributed by atoms with Gasteiger partial charge in [0.1, 0.15) is 4.32 Å². The summed E-state index contributed by atoms with van der Waals surface area (Å²) in [5.41, 5.74) is 2.08. The number of aliphatic hydroxyl groups is 1. The first-order chi connectivity index (χ1) is 10.6. The molecule has 1 amide bonds. The van der Waals surface area contributed by atoms with Gasteiger partial charge in [-0.15, -0.1) is 0 Å². The fraction of sp³-hybridized carbons (Fsp3) is 0.188. The fourth-order valence-corrected chi connectivity index (χ4v) is 3.21. The van der Waals surface area contributed by atoms with Gasteiger partial charge in [0.15, 0.2) is 0 Å². The molecule has 3 nitrogen and oxygen atoms in total. The maximum atomic E-state index is 12.1. The highest BCUT2D eigenvalue weighted by atomic mass is 32.2. The molecule has 0 aromatic heterocycles. The smallest absolute Gasteiger partial charge is 0.266 e. The summed E-state index contributed by atoms with van der Waals surface area (Å²) in [7, 11) is 0. The van der Waals surface area contributed by atoms with E-state index in [0.717, 1.165) is 11.1 Å². The second kappa shape index (κ2) is 9.63. The van der Waals surface area contributed by atoms with Crippen LogP contribution in [0.3, 0.4) is 0 Å². The second-order valence-electron chi connectivity index (χ2n) is 4.36. The molecule has 1 aromatic carbocycles. The van der Waals surface area contributed by atoms with E-state index >= 15 is 0 Å². The molecule has 0 spiro atoms. The first kappa shape index (κ1) is 18.7. The molecular weight excluding hydrogens is 334 g/mol. The van der Waals surface area contributed by atoms with Crippen LogP contribution >= 0.6 is 36.2 Å². The first-order valence-corrected chi connectivity index (χ1v) is 8.30. The van der Waals surface area contributed by atoms with Crippen LogP contribution in [0.4, 0.5) is 0 Å². The first-order valence-electron chi connectivity index (χ1n) is 6.50. The molecule has 1 heterocycles. The zero-order chi connectivity index (χ0) is 16.5. The minimum absolute atomic E-state index is 0.0848. The van der Waals surface area contributed by atoms with E-state index in [1.807, 2.05) is 49.4 Å². The number of thioether (sulfide) groups is 1. The average Bonchev–Trinajstić information content (AvgIpc) is 2.78. The van der Waals surface area contributed by atoms with E-state index in [1.165, 1.54) is 16.7 Å². The van der Waals surface area contributed by atoms with Crippen LogP contribution in [0.25, 0.3) is 6.08 Å². The van der Waals surface area contributed by atoms with Crippen molar-refractivity contribution in [2.75, 3.05) is 13.2 Å². The molecular formula is C16H17NO2S3. The van der Waals surface area contributed by atoms with Crippen LogP contribution in [0.15, 0.2) is 46.9 Å². The molecule has 0 bridgehead atoms. The van der Waals surface area contributed by atoms with Crippen LogP contribution in [0.5, 0.6) is 0 Å². The van der Waals surface area contributed by atoms with Gasteiger partial charge in [-0.2, -0.15) is 0 Å². The van der Waals surface area contributed by atoms with E-state index in [1.54, 1.807) is 0 Å². The van der Waals surface area contributed by atoms with Crippen molar-refractivity contribution in [3.63, 3.8) is 0 Å². The highest BCUT2D eigenvalue weighted by Gasteiger charge is 2.31. The Morgan fingerprint density at radius 3 is 2.59 bits per heavy atom. The van der Waals surface area contributed by atoms with E-state index in [2.05, 4.69) is 18.1 Å². The van der Waals surface area contributed by atoms with Gasteiger partial charge in [0.05, 0.1) is 18.1 Å². The van der Waals surface area contributed by atoms with Gasteiger partial charge in [0, 0.05) is 0 Å². The molecule has 1 aromatic rings. The molecule has 1 N–H and O–H groups in total. The average molecular weight is 352 g/mol. The highest BCUT2D eigenvalue weighted by molar-refractivity contribution is 8.26. The third kappa shape index (κ3) is 5.14. The van der Waals surface area contributed by atoms with E-state index in [-0.39, 0.29) is 19.1 Å². The number of nitrogens with zero attached hydrogens (tertiary/aromatic N) is 1. The predicted octanol–water partition coefficient (Wildman–Crippen LogP) is 3.44. The Morgan fingerprint density at radius 2 is 2.00 bits per heavy atom. The van der Waals surface area contributed by atoms with Crippen LogP contribution in [-0.4, -0.2) is 39.3 Å². The molecule has 22 heavy (non-hydrogen) atoms. The van der Waals surface area contributed by atoms with Gasteiger partial charge in [-0.05, 0) is 30.0 Å². The molecule has 1 fully saturated rings. The van der Waals surface area contributed by atoms with Crippen molar-refractivity contribution in [1.82, 2.24) is 4.90 Å². The summed E-state index contributed by atoms with van der Waals surface area (Å²) < 4.78 is 0.503. The zero-order valence-corrected chi connectivity index (χ0v) is 14.6. The van der Waals surface area contributed by atoms with E-state index in [0.29, 0.717) is 9.23 Å². The maximum absolute atomic E-state index is 12.1. The number of hydrogen-bond acceptors (Lipinski definition) is 5. The van der Waals surface area contributed by atoms with Crippen molar-refractivity contribution in [3.8, 4) is 0 Å². The Kier molecular flexibility index (Phi) is 8.19. The van der Waals surface area contributed by atoms with Crippen LogP contribution in [0.2, 0.25) is 0 Å². The lowest BCUT2D eigenvalue weighted by Crippen LogP contribution is -2.30. The molecule has 1 aliphatic heterocycles. The van der Waals surface area contributed by atoms with Crippen molar-refractivity contribution in [2.45, 2.75) is 6.92 Å². The Labute approximate surface area is 145 Å². The molecule has 2 rings (SSSR count). The van der Waals surface area contributed by atoms with Crippen molar-refractivity contribution in [1.29, 1.82) is 0 Å². The molecule has 0 aliphatic carbocycles. The fourth-order valence-electron chi connectivity index (χ4n) is 1.85. The van der Waals surface area contributed by atoms with Gasteiger partial charge in [-0.25, -0.2) is 0 Å². The van der Waals surface area contributed by atoms with E-state index in [4.69, 9.17) is 17.3 Å². The molecule has 6 heteroatoms. The molecule has 1 saturated heterocycles. The summed E-state index contributed by atoms with van der Waals surface area (Å²) in [4.78, 5) is 14.1. The maximum Gasteiger partial charge on any atom is 0.266 e. The quantitative estimate of drug-likeness (QED) is 0.665. The zero-order valence-electron chi connectivity index (χ0n) is 12.2. The Morgan fingerprint density at radius 1 is 1.36 bits per heavy atom. The molecule has 116 valence electrons. The summed E-state index contributed by atoms with van der Waals surface area (Å²) in [6.07, 6.45) is 3.85. The van der Waals surface area contributed by atoms with Gasteiger partial charge >= 0.3 is 0 Å². The largest absolute Gasteiger partial charge is 0.395 e. The van der Waals surface area contributed by atoms with Gasteiger partial charge in [-0.3, -0.25) is 9.69 Å². The number of benzene rings is 1. The summed E-state index contributed by atoms with van der Waals surface area (Å²) >= 11 is 10.3. The van der Waals surface area contributed by atoms with Crippen molar-refractivity contribution >= 4 is 58.4 Å².